The van der Waals surface area contributed by atoms with Crippen molar-refractivity contribution in [2.24, 2.45) is 5.92 Å². The van der Waals surface area contributed by atoms with Gasteiger partial charge in [0.05, 0.1) is 12.1 Å². The van der Waals surface area contributed by atoms with Crippen LogP contribution in [0.15, 0.2) is 0 Å². The summed E-state index contributed by atoms with van der Waals surface area (Å²) in [7, 11) is 0. The lowest BCUT2D eigenvalue weighted by molar-refractivity contribution is -0.142. The van der Waals surface area contributed by atoms with Crippen molar-refractivity contribution < 1.29 is 29.4 Å². The van der Waals surface area contributed by atoms with E-state index < -0.39 is 42.0 Å². The molecule has 1 aliphatic heterocycles. The van der Waals surface area contributed by atoms with Gasteiger partial charge in [-0.25, -0.2) is 4.79 Å². The maximum atomic E-state index is 12.8. The summed E-state index contributed by atoms with van der Waals surface area (Å²) in [6.07, 6.45) is 0.874. The molecule has 0 aromatic rings. The summed E-state index contributed by atoms with van der Waals surface area (Å²) in [5.41, 5.74) is 0. The molecule has 0 aromatic carbocycles. The van der Waals surface area contributed by atoms with Gasteiger partial charge in [0.1, 0.15) is 18.1 Å². The van der Waals surface area contributed by atoms with Crippen LogP contribution in [0.1, 0.15) is 40.0 Å². The highest BCUT2D eigenvalue weighted by atomic mass is 32.1. The largest absolute Gasteiger partial charge is 0.480 e. The van der Waals surface area contributed by atoms with Gasteiger partial charge < -0.3 is 31.5 Å². The minimum absolute atomic E-state index is 0.151. The van der Waals surface area contributed by atoms with Crippen LogP contribution < -0.4 is 21.3 Å². The summed E-state index contributed by atoms with van der Waals surface area (Å²) >= 11 is 3.87. The number of aliphatic hydroxyl groups excluding tert-OH is 1. The van der Waals surface area contributed by atoms with Gasteiger partial charge in [-0.1, -0.05) is 20.3 Å². The smallest absolute Gasteiger partial charge is 0.327 e. The minimum atomic E-state index is -1.38. The second kappa shape index (κ2) is 12.0. The van der Waals surface area contributed by atoms with E-state index in [4.69, 9.17) is 5.11 Å². The highest BCUT2D eigenvalue weighted by Gasteiger charge is 2.34. The summed E-state index contributed by atoms with van der Waals surface area (Å²) < 4.78 is 0. The van der Waals surface area contributed by atoms with Crippen molar-refractivity contribution in [1.82, 2.24) is 21.3 Å². The molecule has 6 N–H and O–H groups in total. The van der Waals surface area contributed by atoms with Crippen molar-refractivity contribution in [2.45, 2.75) is 70.3 Å². The predicted octanol–water partition coefficient (Wildman–Crippen LogP) is -1.37. The van der Waals surface area contributed by atoms with E-state index in [2.05, 4.69) is 33.9 Å². The van der Waals surface area contributed by atoms with Crippen LogP contribution in [0, 0.1) is 5.92 Å². The molecule has 1 heterocycles. The van der Waals surface area contributed by atoms with E-state index in [0.29, 0.717) is 12.8 Å². The molecule has 1 fully saturated rings. The molecule has 0 bridgehead atoms. The maximum absolute atomic E-state index is 12.8. The predicted molar refractivity (Wildman–Crippen MR) is 109 cm³/mol. The topological polar surface area (TPSA) is 157 Å². The number of carbonyl (C=O) groups excluding carboxylic acids is 3. The number of rotatable bonds is 11. The van der Waals surface area contributed by atoms with E-state index in [-0.39, 0.29) is 23.6 Å². The molecule has 166 valence electrons. The van der Waals surface area contributed by atoms with Crippen LogP contribution in [0.3, 0.4) is 0 Å². The van der Waals surface area contributed by atoms with Gasteiger partial charge in [-0.15, -0.1) is 0 Å². The van der Waals surface area contributed by atoms with Gasteiger partial charge in [0.15, 0.2) is 0 Å². The van der Waals surface area contributed by atoms with Crippen molar-refractivity contribution >= 4 is 36.3 Å². The number of aliphatic carboxylic acids is 1. The van der Waals surface area contributed by atoms with Crippen LogP contribution in [-0.2, 0) is 19.2 Å². The number of amides is 3. The zero-order valence-corrected chi connectivity index (χ0v) is 17.9. The van der Waals surface area contributed by atoms with Gasteiger partial charge in [-0.3, -0.25) is 14.4 Å². The molecule has 6 unspecified atom stereocenters. The number of thiol groups is 1. The molecular weight excluding hydrogens is 400 g/mol. The third kappa shape index (κ3) is 7.48. The van der Waals surface area contributed by atoms with Gasteiger partial charge in [0.25, 0.3) is 0 Å². The Kier molecular flexibility index (Phi) is 10.4. The number of aliphatic hydroxyl groups is 1. The van der Waals surface area contributed by atoms with Crippen molar-refractivity contribution in [1.29, 1.82) is 0 Å². The molecule has 0 aromatic heterocycles. The Bertz CT molecular complexity index is 597. The Morgan fingerprint density at radius 1 is 1.10 bits per heavy atom. The Balaban J connectivity index is 2.87. The Morgan fingerprint density at radius 3 is 2.17 bits per heavy atom. The van der Waals surface area contributed by atoms with Crippen LogP contribution in [0.5, 0.6) is 0 Å². The number of carboxylic acid groups (broad SMARTS) is 1. The molecule has 0 spiro atoms. The summed E-state index contributed by atoms with van der Waals surface area (Å²) in [5, 5.41) is 29.5. The normalized spacial score (nSPS) is 21.3. The van der Waals surface area contributed by atoms with E-state index in [0.717, 1.165) is 13.0 Å². The Hall–Kier alpha value is -1.85. The zero-order valence-electron chi connectivity index (χ0n) is 17.0. The molecule has 1 aliphatic rings. The first-order chi connectivity index (χ1) is 13.6. The summed E-state index contributed by atoms with van der Waals surface area (Å²) in [6, 6.07) is -3.90. The first kappa shape index (κ1) is 25.2. The second-order valence-electron chi connectivity index (χ2n) is 7.33. The molecule has 3 amide bonds. The number of carboxylic acids is 1. The van der Waals surface area contributed by atoms with E-state index in [1.807, 2.05) is 6.92 Å². The van der Waals surface area contributed by atoms with Crippen molar-refractivity contribution in [3.63, 3.8) is 0 Å². The SMILES string of the molecule is CCC(C)C(NC(=O)C1CCCN1)C(=O)NC(C(=O)NC(CS)C(=O)O)C(C)O. The Labute approximate surface area is 176 Å². The highest BCUT2D eigenvalue weighted by molar-refractivity contribution is 7.80. The first-order valence-corrected chi connectivity index (χ1v) is 10.4. The molecule has 29 heavy (non-hydrogen) atoms. The lowest BCUT2D eigenvalue weighted by atomic mass is 9.97. The molecule has 1 rings (SSSR count). The van der Waals surface area contributed by atoms with Gasteiger partial charge in [-0.05, 0) is 32.2 Å². The fourth-order valence-corrected chi connectivity index (χ4v) is 3.21. The second-order valence-corrected chi connectivity index (χ2v) is 7.69. The molecule has 0 radical (unpaired) electrons. The molecule has 0 saturated carbocycles. The number of nitrogens with one attached hydrogen (secondary N) is 4. The average molecular weight is 433 g/mol. The Morgan fingerprint density at radius 2 is 1.72 bits per heavy atom. The fourth-order valence-electron chi connectivity index (χ4n) is 2.96. The van der Waals surface area contributed by atoms with E-state index in [1.165, 1.54) is 6.92 Å². The first-order valence-electron chi connectivity index (χ1n) is 9.78. The van der Waals surface area contributed by atoms with Crippen LogP contribution in [-0.4, -0.2) is 76.5 Å². The van der Waals surface area contributed by atoms with Crippen molar-refractivity contribution in [3.8, 4) is 0 Å². The third-order valence-corrected chi connectivity index (χ3v) is 5.39. The molecule has 11 heteroatoms. The average Bonchev–Trinajstić information content (AvgIpc) is 3.21. The van der Waals surface area contributed by atoms with E-state index >= 15 is 0 Å². The summed E-state index contributed by atoms with van der Waals surface area (Å²) in [6.45, 7) is 5.71. The molecule has 0 aliphatic carbocycles. The zero-order chi connectivity index (χ0) is 22.1. The van der Waals surface area contributed by atoms with Crippen molar-refractivity contribution in [3.05, 3.63) is 0 Å². The number of carbonyl (C=O) groups is 4. The van der Waals surface area contributed by atoms with Crippen LogP contribution in [0.2, 0.25) is 0 Å². The molecule has 6 atom stereocenters. The van der Waals surface area contributed by atoms with Crippen LogP contribution >= 0.6 is 12.6 Å². The standard InChI is InChI=1S/C18H32N4O6S/c1-4-9(2)13(21-15(24)11-6-5-7-19-11)16(25)22-14(10(3)23)17(26)20-12(8-29)18(27)28/h9-14,19,23,29H,4-8H2,1-3H3,(H,20,26)(H,21,24)(H,22,25)(H,27,28). The summed E-state index contributed by atoms with van der Waals surface area (Å²) in [5.74, 6) is -3.41. The van der Waals surface area contributed by atoms with Crippen molar-refractivity contribution in [2.75, 3.05) is 12.3 Å². The summed E-state index contributed by atoms with van der Waals surface area (Å²) in [4.78, 5) is 48.8. The molecular formula is C18H32N4O6S. The maximum Gasteiger partial charge on any atom is 0.327 e. The number of hydrogen-bond acceptors (Lipinski definition) is 7. The lowest BCUT2D eigenvalue weighted by Crippen LogP contribution is -2.61. The third-order valence-electron chi connectivity index (χ3n) is 5.03. The van der Waals surface area contributed by atoms with Gasteiger partial charge in [0, 0.05) is 5.75 Å². The van der Waals surface area contributed by atoms with Crippen LogP contribution in [0.4, 0.5) is 0 Å². The fraction of sp³-hybridized carbons (Fsp3) is 0.778. The lowest BCUT2D eigenvalue weighted by Gasteiger charge is -2.28. The van der Waals surface area contributed by atoms with Gasteiger partial charge in [0.2, 0.25) is 17.7 Å². The minimum Gasteiger partial charge on any atom is -0.480 e. The molecule has 10 nitrogen and oxygen atoms in total. The monoisotopic (exact) mass is 432 g/mol. The quantitative estimate of drug-likeness (QED) is 0.199. The number of hydrogen-bond donors (Lipinski definition) is 7. The molecule has 1 saturated heterocycles. The van der Waals surface area contributed by atoms with E-state index in [9.17, 15) is 24.3 Å². The van der Waals surface area contributed by atoms with Gasteiger partial charge >= 0.3 is 5.97 Å². The van der Waals surface area contributed by atoms with Crippen LogP contribution in [0.25, 0.3) is 0 Å². The highest BCUT2D eigenvalue weighted by Crippen LogP contribution is 2.11. The van der Waals surface area contributed by atoms with E-state index in [1.54, 1.807) is 6.92 Å². The van der Waals surface area contributed by atoms with Gasteiger partial charge in [-0.2, -0.15) is 12.6 Å².